The van der Waals surface area contributed by atoms with Crippen LogP contribution in [0.4, 0.5) is 0 Å². The molecule has 2 nitrogen and oxygen atoms in total. The Kier molecular flexibility index (Phi) is 19.7. The highest BCUT2D eigenvalue weighted by Gasteiger charge is 2.37. The molecule has 0 aromatic rings. The SMILES string of the molecule is C=C(CO[Si](CCCC)(CCCC)CCCC)C(=C)O[Si](CCCC)(CCCC)CCCC. The molecule has 33 heavy (non-hydrogen) atoms. The van der Waals surface area contributed by atoms with Crippen LogP contribution >= 0.6 is 0 Å². The summed E-state index contributed by atoms with van der Waals surface area (Å²) in [4.78, 5) is 0. The van der Waals surface area contributed by atoms with Gasteiger partial charge in [-0.25, -0.2) is 0 Å². The first-order valence-corrected chi connectivity index (χ1v) is 19.6. The van der Waals surface area contributed by atoms with Crippen LogP contribution in [0.1, 0.15) is 119 Å². The fraction of sp³-hybridized carbons (Fsp3) is 0.862. The van der Waals surface area contributed by atoms with Gasteiger partial charge in [-0.3, -0.25) is 0 Å². The fourth-order valence-corrected chi connectivity index (χ4v) is 14.1. The normalized spacial score (nSPS) is 12.2. The highest BCUT2D eigenvalue weighted by Crippen LogP contribution is 2.34. The quantitative estimate of drug-likeness (QED) is 0.0751. The van der Waals surface area contributed by atoms with Gasteiger partial charge in [-0.05, 0) is 36.3 Å². The number of hydrogen-bond donors (Lipinski definition) is 0. The van der Waals surface area contributed by atoms with Gasteiger partial charge in [0.25, 0.3) is 8.32 Å². The monoisotopic (exact) mass is 496 g/mol. The van der Waals surface area contributed by atoms with Crippen LogP contribution in [0.5, 0.6) is 0 Å². The van der Waals surface area contributed by atoms with Gasteiger partial charge in [0.1, 0.15) is 5.76 Å². The lowest BCUT2D eigenvalue weighted by atomic mass is 10.3. The zero-order valence-corrected chi connectivity index (χ0v) is 25.7. The third-order valence-electron chi connectivity index (χ3n) is 7.20. The second-order valence-corrected chi connectivity index (χ2v) is 18.6. The van der Waals surface area contributed by atoms with Crippen LogP contribution in [0.15, 0.2) is 24.5 Å². The van der Waals surface area contributed by atoms with Gasteiger partial charge in [0.15, 0.2) is 8.32 Å². The van der Waals surface area contributed by atoms with E-state index in [0.717, 1.165) is 11.3 Å². The van der Waals surface area contributed by atoms with E-state index >= 15 is 0 Å². The molecule has 0 aliphatic heterocycles. The van der Waals surface area contributed by atoms with Crippen molar-refractivity contribution in [3.05, 3.63) is 24.5 Å². The first-order chi connectivity index (χ1) is 15.9. The minimum Gasteiger partial charge on any atom is -0.544 e. The molecule has 0 aromatic carbocycles. The average Bonchev–Trinajstić information content (AvgIpc) is 2.83. The van der Waals surface area contributed by atoms with Crippen LogP contribution in [-0.2, 0) is 8.85 Å². The first kappa shape index (κ1) is 32.7. The summed E-state index contributed by atoms with van der Waals surface area (Å²) in [5.74, 6) is 0.842. The van der Waals surface area contributed by atoms with E-state index < -0.39 is 16.6 Å². The summed E-state index contributed by atoms with van der Waals surface area (Å²) in [6.45, 7) is 23.3. The molecular weight excluding hydrogens is 436 g/mol. The molecule has 0 saturated heterocycles. The van der Waals surface area contributed by atoms with Crippen LogP contribution in [0.3, 0.4) is 0 Å². The van der Waals surface area contributed by atoms with Gasteiger partial charge in [-0.15, -0.1) is 0 Å². The van der Waals surface area contributed by atoms with E-state index in [-0.39, 0.29) is 0 Å². The summed E-state index contributed by atoms with van der Waals surface area (Å²) in [7, 11) is -3.56. The number of rotatable bonds is 24. The predicted molar refractivity (Wildman–Crippen MR) is 155 cm³/mol. The van der Waals surface area contributed by atoms with E-state index in [1.807, 2.05) is 0 Å². The van der Waals surface area contributed by atoms with Crippen molar-refractivity contribution >= 4 is 16.6 Å². The Hall–Kier alpha value is -0.326. The number of unbranched alkanes of at least 4 members (excludes halogenated alkanes) is 6. The molecule has 196 valence electrons. The van der Waals surface area contributed by atoms with Gasteiger partial charge in [0, 0.05) is 5.57 Å². The smallest absolute Gasteiger partial charge is 0.251 e. The maximum absolute atomic E-state index is 6.90. The molecule has 0 spiro atoms. The van der Waals surface area contributed by atoms with E-state index in [1.54, 1.807) is 0 Å². The maximum atomic E-state index is 6.90. The van der Waals surface area contributed by atoms with Crippen molar-refractivity contribution in [1.29, 1.82) is 0 Å². The maximum Gasteiger partial charge on any atom is 0.251 e. The zero-order chi connectivity index (χ0) is 25.0. The molecule has 0 heterocycles. The van der Waals surface area contributed by atoms with Gasteiger partial charge >= 0.3 is 0 Å². The van der Waals surface area contributed by atoms with Gasteiger partial charge < -0.3 is 8.85 Å². The van der Waals surface area contributed by atoms with Crippen molar-refractivity contribution in [3.8, 4) is 0 Å². The molecule has 4 heteroatoms. The van der Waals surface area contributed by atoms with Crippen LogP contribution < -0.4 is 0 Å². The second-order valence-electron chi connectivity index (χ2n) is 10.4. The van der Waals surface area contributed by atoms with Crippen LogP contribution in [0, 0.1) is 0 Å². The highest BCUT2D eigenvalue weighted by molar-refractivity contribution is 6.74. The van der Waals surface area contributed by atoms with E-state index in [4.69, 9.17) is 8.85 Å². The molecule has 0 aliphatic carbocycles. The Morgan fingerprint density at radius 3 is 1.12 bits per heavy atom. The summed E-state index contributed by atoms with van der Waals surface area (Å²) >= 11 is 0. The minimum atomic E-state index is -1.83. The Balaban J connectivity index is 5.37. The minimum absolute atomic E-state index is 0.627. The summed E-state index contributed by atoms with van der Waals surface area (Å²) in [5.41, 5.74) is 0.998. The zero-order valence-electron chi connectivity index (χ0n) is 23.7. The molecule has 0 atom stereocenters. The Labute approximate surface area is 211 Å². The van der Waals surface area contributed by atoms with E-state index in [1.165, 1.54) is 113 Å². The third kappa shape index (κ3) is 14.0. The Morgan fingerprint density at radius 1 is 0.515 bits per heavy atom. The molecule has 0 N–H and O–H groups in total. The summed E-state index contributed by atoms with van der Waals surface area (Å²) in [6, 6.07) is 7.68. The van der Waals surface area contributed by atoms with E-state index in [9.17, 15) is 0 Å². The second kappa shape index (κ2) is 19.9. The van der Waals surface area contributed by atoms with Gasteiger partial charge in [0.05, 0.1) is 6.61 Å². The van der Waals surface area contributed by atoms with Gasteiger partial charge in [-0.1, -0.05) is 132 Å². The largest absolute Gasteiger partial charge is 0.544 e. The molecule has 0 rings (SSSR count). The van der Waals surface area contributed by atoms with E-state index in [0.29, 0.717) is 6.61 Å². The lowest BCUT2D eigenvalue weighted by Gasteiger charge is -2.35. The van der Waals surface area contributed by atoms with Crippen molar-refractivity contribution in [2.45, 2.75) is 155 Å². The van der Waals surface area contributed by atoms with E-state index in [2.05, 4.69) is 54.7 Å². The standard InChI is InChI=1S/C29H60O2Si2/c1-9-15-21-32(22-16-10-2,23-17-11-3)30-27-28(7)29(8)31-33(24-18-12-4,25-19-13-5)26-20-14-6/h7-27H2,1-6H3. The summed E-state index contributed by atoms with van der Waals surface area (Å²) in [5, 5.41) is 0. The van der Waals surface area contributed by atoms with Crippen molar-refractivity contribution < 1.29 is 8.85 Å². The topological polar surface area (TPSA) is 18.5 Å². The summed E-state index contributed by atoms with van der Waals surface area (Å²) < 4.78 is 13.8. The lowest BCUT2D eigenvalue weighted by molar-refractivity contribution is 0.311. The van der Waals surface area contributed by atoms with Crippen LogP contribution in [-0.4, -0.2) is 23.2 Å². The van der Waals surface area contributed by atoms with Crippen LogP contribution in [0.25, 0.3) is 0 Å². The fourth-order valence-electron chi connectivity index (χ4n) is 4.77. The molecule has 0 bridgehead atoms. The molecule has 0 radical (unpaired) electrons. The predicted octanol–water partition coefficient (Wildman–Crippen LogP) is 10.8. The molecule has 0 amide bonds. The van der Waals surface area contributed by atoms with Crippen molar-refractivity contribution in [2.75, 3.05) is 6.61 Å². The number of hydrogen-bond acceptors (Lipinski definition) is 2. The highest BCUT2D eigenvalue weighted by atomic mass is 28.4. The van der Waals surface area contributed by atoms with Crippen molar-refractivity contribution in [2.24, 2.45) is 0 Å². The molecule has 0 aliphatic rings. The van der Waals surface area contributed by atoms with Crippen LogP contribution in [0.2, 0.25) is 36.3 Å². The lowest BCUT2D eigenvalue weighted by Crippen LogP contribution is -2.40. The van der Waals surface area contributed by atoms with Gasteiger partial charge in [0.2, 0.25) is 0 Å². The summed E-state index contributed by atoms with van der Waals surface area (Å²) in [6.07, 6.45) is 15.2. The molecular formula is C29H60O2Si2. The molecule has 0 fully saturated rings. The van der Waals surface area contributed by atoms with Gasteiger partial charge in [-0.2, -0.15) is 0 Å². The molecule has 0 saturated carbocycles. The Bertz CT molecular complexity index is 460. The van der Waals surface area contributed by atoms with Crippen molar-refractivity contribution in [1.82, 2.24) is 0 Å². The Morgan fingerprint density at radius 2 is 0.818 bits per heavy atom. The molecule has 0 unspecified atom stereocenters. The molecule has 0 aromatic heterocycles. The third-order valence-corrected chi connectivity index (χ3v) is 16.2. The van der Waals surface area contributed by atoms with Crippen molar-refractivity contribution in [3.63, 3.8) is 0 Å². The first-order valence-electron chi connectivity index (χ1n) is 14.6. The average molecular weight is 497 g/mol.